The van der Waals surface area contributed by atoms with Crippen LogP contribution in [-0.2, 0) is 0 Å². The van der Waals surface area contributed by atoms with Gasteiger partial charge in [0.05, 0.1) is 26.0 Å². The number of phenolic OH excluding ortho intramolecular Hbond substituents is 1. The Morgan fingerprint density at radius 3 is 2.46 bits per heavy atom. The molecule has 2 aromatic rings. The smallest absolute Gasteiger partial charge is 0.161 e. The van der Waals surface area contributed by atoms with Crippen LogP contribution in [0, 0.1) is 13.8 Å². The van der Waals surface area contributed by atoms with Crippen molar-refractivity contribution in [3.63, 3.8) is 0 Å². The molecule has 0 radical (unpaired) electrons. The highest BCUT2D eigenvalue weighted by molar-refractivity contribution is 5.72. The summed E-state index contributed by atoms with van der Waals surface area (Å²) in [7, 11) is 3.24. The quantitative estimate of drug-likeness (QED) is 0.805. The summed E-state index contributed by atoms with van der Waals surface area (Å²) in [5.74, 6) is 1.69. The van der Waals surface area contributed by atoms with Gasteiger partial charge in [-0.15, -0.1) is 0 Å². The maximum Gasteiger partial charge on any atom is 0.161 e. The van der Waals surface area contributed by atoms with Crippen molar-refractivity contribution in [2.75, 3.05) is 14.2 Å². The Labute approximate surface area is 141 Å². The molecule has 5 heteroatoms. The summed E-state index contributed by atoms with van der Waals surface area (Å²) in [5, 5.41) is 10.3. The van der Waals surface area contributed by atoms with Crippen LogP contribution in [0.15, 0.2) is 36.4 Å². The van der Waals surface area contributed by atoms with Crippen LogP contribution in [0.2, 0.25) is 0 Å². The minimum absolute atomic E-state index is 0.0278. The molecule has 0 amide bonds. The molecule has 0 fully saturated rings. The lowest BCUT2D eigenvalue weighted by atomic mass is 10.0. The van der Waals surface area contributed by atoms with Crippen molar-refractivity contribution in [3.05, 3.63) is 58.7 Å². The number of benzene rings is 2. The molecule has 1 heterocycles. The van der Waals surface area contributed by atoms with Crippen LogP contribution < -0.4 is 20.3 Å². The second-order valence-electron chi connectivity index (χ2n) is 5.92. The first-order chi connectivity index (χ1) is 11.5. The fourth-order valence-corrected chi connectivity index (χ4v) is 2.95. The van der Waals surface area contributed by atoms with Gasteiger partial charge in [0.15, 0.2) is 11.5 Å². The summed E-state index contributed by atoms with van der Waals surface area (Å²) in [4.78, 5) is 0. The highest BCUT2D eigenvalue weighted by atomic mass is 16.5. The fourth-order valence-electron chi connectivity index (χ4n) is 2.95. The van der Waals surface area contributed by atoms with Crippen LogP contribution in [-0.4, -0.2) is 19.3 Å². The van der Waals surface area contributed by atoms with E-state index in [2.05, 4.69) is 16.9 Å². The normalized spacial score (nSPS) is 16.5. The summed E-state index contributed by atoms with van der Waals surface area (Å²) in [6, 6.07) is 9.73. The number of hydrogen-bond acceptors (Lipinski definition) is 5. The van der Waals surface area contributed by atoms with Crippen molar-refractivity contribution in [1.29, 1.82) is 0 Å². The third-order valence-electron chi connectivity index (χ3n) is 4.20. The van der Waals surface area contributed by atoms with Crippen LogP contribution in [0.5, 0.6) is 17.2 Å². The van der Waals surface area contributed by atoms with E-state index in [9.17, 15) is 5.11 Å². The Balaban J connectivity index is 1.94. The summed E-state index contributed by atoms with van der Waals surface area (Å²) >= 11 is 0. The first kappa shape index (κ1) is 16.2. The molecule has 3 N–H and O–H groups in total. The molecule has 0 aromatic heterocycles. The molecule has 1 atom stereocenters. The van der Waals surface area contributed by atoms with Crippen LogP contribution in [0.3, 0.4) is 0 Å². The van der Waals surface area contributed by atoms with E-state index in [0.717, 1.165) is 28.0 Å². The molecule has 0 saturated carbocycles. The molecular formula is C19H22N2O3. The third kappa shape index (κ3) is 2.90. The fraction of sp³-hybridized carbons (Fsp3) is 0.263. The van der Waals surface area contributed by atoms with Crippen LogP contribution in [0.4, 0.5) is 0 Å². The van der Waals surface area contributed by atoms with Crippen LogP contribution in [0.25, 0.3) is 5.70 Å². The van der Waals surface area contributed by atoms with Crippen LogP contribution in [0.1, 0.15) is 28.3 Å². The maximum absolute atomic E-state index is 10.3. The van der Waals surface area contributed by atoms with Gasteiger partial charge < -0.3 is 20.0 Å². The zero-order chi connectivity index (χ0) is 17.3. The highest BCUT2D eigenvalue weighted by Crippen LogP contribution is 2.35. The lowest BCUT2D eigenvalue weighted by Crippen LogP contribution is -2.26. The van der Waals surface area contributed by atoms with Gasteiger partial charge in [-0.2, -0.15) is 0 Å². The number of phenols is 1. The van der Waals surface area contributed by atoms with Gasteiger partial charge >= 0.3 is 0 Å². The van der Waals surface area contributed by atoms with Crippen molar-refractivity contribution in [1.82, 2.24) is 10.9 Å². The number of nitrogens with one attached hydrogen (secondary N) is 2. The summed E-state index contributed by atoms with van der Waals surface area (Å²) in [6.07, 6.45) is 2.05. The minimum atomic E-state index is -0.0278. The Kier molecular flexibility index (Phi) is 4.36. The molecule has 1 aliphatic rings. The lowest BCUT2D eigenvalue weighted by molar-refractivity contribution is 0.354. The van der Waals surface area contributed by atoms with E-state index in [-0.39, 0.29) is 6.04 Å². The molecule has 2 aromatic carbocycles. The van der Waals surface area contributed by atoms with Gasteiger partial charge in [0, 0.05) is 5.56 Å². The second-order valence-corrected chi connectivity index (χ2v) is 5.92. The first-order valence-corrected chi connectivity index (χ1v) is 7.79. The topological polar surface area (TPSA) is 62.8 Å². The van der Waals surface area contributed by atoms with Gasteiger partial charge in [0.1, 0.15) is 5.75 Å². The molecule has 1 unspecified atom stereocenters. The monoisotopic (exact) mass is 326 g/mol. The summed E-state index contributed by atoms with van der Waals surface area (Å²) in [6.45, 7) is 3.92. The van der Waals surface area contributed by atoms with E-state index >= 15 is 0 Å². The summed E-state index contributed by atoms with van der Waals surface area (Å²) < 4.78 is 10.6. The number of aryl methyl sites for hydroxylation is 2. The van der Waals surface area contributed by atoms with Gasteiger partial charge in [0.2, 0.25) is 0 Å². The molecule has 5 nitrogen and oxygen atoms in total. The van der Waals surface area contributed by atoms with Crippen molar-refractivity contribution in [3.8, 4) is 17.2 Å². The Morgan fingerprint density at radius 1 is 1.00 bits per heavy atom. The third-order valence-corrected chi connectivity index (χ3v) is 4.20. The van der Waals surface area contributed by atoms with Gasteiger partial charge in [-0.05, 0) is 54.8 Å². The lowest BCUT2D eigenvalue weighted by Gasteiger charge is -2.13. The second kappa shape index (κ2) is 6.45. The Hall–Kier alpha value is -2.66. The van der Waals surface area contributed by atoms with Gasteiger partial charge in [0.25, 0.3) is 0 Å². The number of ether oxygens (including phenoxy) is 2. The molecule has 0 saturated heterocycles. The predicted molar refractivity (Wildman–Crippen MR) is 94.1 cm³/mol. The van der Waals surface area contributed by atoms with E-state index in [1.807, 2.05) is 44.2 Å². The Morgan fingerprint density at radius 2 is 1.75 bits per heavy atom. The number of methoxy groups -OCH3 is 2. The molecule has 3 rings (SSSR count). The van der Waals surface area contributed by atoms with Crippen molar-refractivity contribution in [2.45, 2.75) is 19.9 Å². The first-order valence-electron chi connectivity index (χ1n) is 7.79. The molecule has 126 valence electrons. The standard InChI is InChI=1S/C19H22N2O3/c1-11-7-12(2)19(22)14(8-11)16-10-15(20-21-16)13-5-6-17(23-3)18(9-13)24-4/h5-10,15,20-22H,1-4H3. The van der Waals surface area contributed by atoms with E-state index < -0.39 is 0 Å². The number of hydrogen-bond donors (Lipinski definition) is 3. The van der Waals surface area contributed by atoms with E-state index in [4.69, 9.17) is 9.47 Å². The van der Waals surface area contributed by atoms with Gasteiger partial charge in [-0.1, -0.05) is 12.1 Å². The minimum Gasteiger partial charge on any atom is -0.507 e. The number of aromatic hydroxyl groups is 1. The SMILES string of the molecule is COc1ccc(C2C=C(c3cc(C)cc(C)c3O)NN2)cc1OC. The molecular weight excluding hydrogens is 304 g/mol. The van der Waals surface area contributed by atoms with Gasteiger partial charge in [-0.3, -0.25) is 0 Å². The van der Waals surface area contributed by atoms with E-state index in [1.54, 1.807) is 14.2 Å². The maximum atomic E-state index is 10.3. The van der Waals surface area contributed by atoms with E-state index in [1.165, 1.54) is 0 Å². The summed E-state index contributed by atoms with van der Waals surface area (Å²) in [5.41, 5.74) is 11.1. The van der Waals surface area contributed by atoms with Crippen LogP contribution >= 0.6 is 0 Å². The molecule has 0 bridgehead atoms. The number of hydrazine groups is 1. The molecule has 1 aliphatic heterocycles. The van der Waals surface area contributed by atoms with Crippen molar-refractivity contribution >= 4 is 5.70 Å². The predicted octanol–water partition coefficient (Wildman–Crippen LogP) is 3.22. The Bertz CT molecular complexity index is 799. The largest absolute Gasteiger partial charge is 0.507 e. The van der Waals surface area contributed by atoms with E-state index in [0.29, 0.717) is 17.2 Å². The highest BCUT2D eigenvalue weighted by Gasteiger charge is 2.21. The van der Waals surface area contributed by atoms with Crippen molar-refractivity contribution in [2.24, 2.45) is 0 Å². The average Bonchev–Trinajstić information content (AvgIpc) is 3.07. The number of rotatable bonds is 4. The zero-order valence-corrected chi connectivity index (χ0v) is 14.3. The average molecular weight is 326 g/mol. The van der Waals surface area contributed by atoms with Gasteiger partial charge in [-0.25, -0.2) is 5.43 Å². The van der Waals surface area contributed by atoms with Crippen molar-refractivity contribution < 1.29 is 14.6 Å². The molecule has 0 spiro atoms. The zero-order valence-electron chi connectivity index (χ0n) is 14.3. The molecule has 0 aliphatic carbocycles. The molecule has 24 heavy (non-hydrogen) atoms.